The summed E-state index contributed by atoms with van der Waals surface area (Å²) in [7, 11) is 0. The van der Waals surface area contributed by atoms with Crippen molar-refractivity contribution < 1.29 is 14.6 Å². The van der Waals surface area contributed by atoms with E-state index in [4.69, 9.17) is 4.74 Å². The second-order valence-corrected chi connectivity index (χ2v) is 13.1. The maximum atomic E-state index is 13.2. The number of halogens is 1. The summed E-state index contributed by atoms with van der Waals surface area (Å²) in [6, 6.07) is 7.49. The van der Waals surface area contributed by atoms with Crippen LogP contribution in [0.5, 0.6) is 0 Å². The van der Waals surface area contributed by atoms with Crippen molar-refractivity contribution in [2.24, 2.45) is 39.9 Å². The number of ether oxygens (including phenoxy) is 1. The third-order valence-electron chi connectivity index (χ3n) is 10.5. The van der Waals surface area contributed by atoms with Crippen LogP contribution in [-0.2, 0) is 4.74 Å². The lowest BCUT2D eigenvalue weighted by molar-refractivity contribution is -0.191. The lowest BCUT2D eigenvalue weighted by Gasteiger charge is -2.61. The first-order valence-electron chi connectivity index (χ1n) is 12.1. The quantitative estimate of drug-likeness (QED) is 0.485. The average molecular weight is 489 g/mol. The standard InChI is InChI=1S/C27H37BrO3/c1-16(2)19-10-11-20-24(19,3)15-22(31-23(29)17-6-8-18(28)9-7-17)25(4)12-13-26(5,30)21-14-27(20,21)25/h6-9,16,19-22,30H,10-15H2,1-5H3/t19-,20-,21+,22+,24-,25-,26-,27-/m1/s1. The number of carbonyl (C=O) groups is 1. The first-order chi connectivity index (χ1) is 14.5. The smallest absolute Gasteiger partial charge is 0.338 e. The summed E-state index contributed by atoms with van der Waals surface area (Å²) >= 11 is 3.45. The van der Waals surface area contributed by atoms with Crippen molar-refractivity contribution in [3.05, 3.63) is 34.3 Å². The maximum absolute atomic E-state index is 13.2. The normalized spacial score (nSPS) is 48.0. The van der Waals surface area contributed by atoms with Crippen molar-refractivity contribution in [2.75, 3.05) is 0 Å². The molecule has 1 aromatic carbocycles. The number of aliphatic hydroxyl groups is 1. The van der Waals surface area contributed by atoms with Gasteiger partial charge in [0, 0.05) is 9.89 Å². The van der Waals surface area contributed by atoms with E-state index in [0.717, 1.165) is 30.2 Å². The zero-order chi connectivity index (χ0) is 22.4. The summed E-state index contributed by atoms with van der Waals surface area (Å²) in [6.45, 7) is 11.6. The highest BCUT2D eigenvalue weighted by atomic mass is 79.9. The first-order valence-corrected chi connectivity index (χ1v) is 12.9. The highest BCUT2D eigenvalue weighted by Crippen LogP contribution is 2.84. The molecule has 1 spiro atoms. The molecule has 1 N–H and O–H groups in total. The second-order valence-electron chi connectivity index (χ2n) is 12.2. The number of esters is 1. The number of rotatable bonds is 3. The van der Waals surface area contributed by atoms with Gasteiger partial charge in [0.15, 0.2) is 0 Å². The Morgan fingerprint density at radius 1 is 1.06 bits per heavy atom. The average Bonchev–Trinajstić information content (AvgIpc) is 3.37. The zero-order valence-corrected chi connectivity index (χ0v) is 21.2. The van der Waals surface area contributed by atoms with Gasteiger partial charge in [0.2, 0.25) is 0 Å². The van der Waals surface area contributed by atoms with Crippen LogP contribution in [-0.4, -0.2) is 22.8 Å². The van der Waals surface area contributed by atoms with Gasteiger partial charge in [0.25, 0.3) is 0 Å². The van der Waals surface area contributed by atoms with Crippen molar-refractivity contribution in [2.45, 2.75) is 84.8 Å². The van der Waals surface area contributed by atoms with Gasteiger partial charge in [-0.3, -0.25) is 0 Å². The molecule has 0 radical (unpaired) electrons. The molecule has 4 aliphatic carbocycles. The minimum Gasteiger partial charge on any atom is -0.458 e. The van der Waals surface area contributed by atoms with E-state index in [-0.39, 0.29) is 28.3 Å². The van der Waals surface area contributed by atoms with Crippen LogP contribution in [0.4, 0.5) is 0 Å². The van der Waals surface area contributed by atoms with Gasteiger partial charge < -0.3 is 9.84 Å². The molecule has 1 aromatic rings. The lowest BCUT2D eigenvalue weighted by atomic mass is 9.45. The van der Waals surface area contributed by atoms with Gasteiger partial charge in [-0.15, -0.1) is 0 Å². The Labute approximate surface area is 195 Å². The molecule has 0 heterocycles. The number of hydrogen-bond donors (Lipinski definition) is 1. The maximum Gasteiger partial charge on any atom is 0.338 e. The Kier molecular flexibility index (Phi) is 4.83. The summed E-state index contributed by atoms with van der Waals surface area (Å²) in [5, 5.41) is 11.3. The fourth-order valence-electron chi connectivity index (χ4n) is 8.93. The molecule has 4 heteroatoms. The van der Waals surface area contributed by atoms with Crippen molar-refractivity contribution in [3.63, 3.8) is 0 Å². The van der Waals surface area contributed by atoms with Gasteiger partial charge in [-0.1, -0.05) is 43.6 Å². The number of benzene rings is 1. The molecule has 0 saturated heterocycles. The fraction of sp³-hybridized carbons (Fsp3) is 0.741. The second kappa shape index (κ2) is 6.82. The summed E-state index contributed by atoms with van der Waals surface area (Å²) in [4.78, 5) is 13.2. The minimum absolute atomic E-state index is 0.0546. The van der Waals surface area contributed by atoms with Crippen molar-refractivity contribution in [3.8, 4) is 0 Å². The Bertz CT molecular complexity index is 892. The van der Waals surface area contributed by atoms with Crippen LogP contribution in [0.1, 0.15) is 83.5 Å². The molecule has 0 bridgehead atoms. The molecular formula is C27H37BrO3. The van der Waals surface area contributed by atoms with Gasteiger partial charge in [-0.2, -0.15) is 0 Å². The molecule has 4 aliphatic rings. The third kappa shape index (κ3) is 2.89. The van der Waals surface area contributed by atoms with E-state index in [1.165, 1.54) is 12.8 Å². The van der Waals surface area contributed by atoms with Gasteiger partial charge >= 0.3 is 5.97 Å². The monoisotopic (exact) mass is 488 g/mol. The van der Waals surface area contributed by atoms with E-state index in [9.17, 15) is 9.90 Å². The summed E-state index contributed by atoms with van der Waals surface area (Å²) < 4.78 is 7.38. The van der Waals surface area contributed by atoms with Gasteiger partial charge in [0.05, 0.1) is 11.2 Å². The highest BCUT2D eigenvalue weighted by molar-refractivity contribution is 9.10. The van der Waals surface area contributed by atoms with Crippen LogP contribution in [0.25, 0.3) is 0 Å². The SMILES string of the molecule is CC(C)[C@H]1CC[C@@H]2[C@]1(C)C[C@H](OC(=O)c1ccc(Br)cc1)[C@@]1(C)CC[C@@](C)(O)[C@@H]3C[C@@]231. The van der Waals surface area contributed by atoms with E-state index < -0.39 is 5.60 Å². The molecule has 0 aliphatic heterocycles. The van der Waals surface area contributed by atoms with E-state index in [1.807, 2.05) is 24.3 Å². The molecule has 170 valence electrons. The Hall–Kier alpha value is -0.870. The third-order valence-corrected chi connectivity index (χ3v) is 11.0. The van der Waals surface area contributed by atoms with Gasteiger partial charge in [0.1, 0.15) is 6.10 Å². The molecule has 4 saturated carbocycles. The summed E-state index contributed by atoms with van der Waals surface area (Å²) in [6.07, 6.45) is 6.22. The predicted molar refractivity (Wildman–Crippen MR) is 126 cm³/mol. The summed E-state index contributed by atoms with van der Waals surface area (Å²) in [5.74, 6) is 2.03. The lowest BCUT2D eigenvalue weighted by Crippen LogP contribution is -2.61. The molecule has 5 rings (SSSR count). The molecule has 31 heavy (non-hydrogen) atoms. The molecule has 3 nitrogen and oxygen atoms in total. The van der Waals surface area contributed by atoms with Crippen LogP contribution >= 0.6 is 15.9 Å². The fourth-order valence-corrected chi connectivity index (χ4v) is 9.19. The molecule has 0 unspecified atom stereocenters. The van der Waals surface area contributed by atoms with Crippen molar-refractivity contribution in [1.82, 2.24) is 0 Å². The van der Waals surface area contributed by atoms with Crippen LogP contribution in [0.2, 0.25) is 0 Å². The van der Waals surface area contributed by atoms with Crippen LogP contribution < -0.4 is 0 Å². The molecular weight excluding hydrogens is 452 g/mol. The van der Waals surface area contributed by atoms with E-state index in [2.05, 4.69) is 50.5 Å². The highest BCUT2D eigenvalue weighted by Gasteiger charge is 2.81. The zero-order valence-electron chi connectivity index (χ0n) is 19.6. The number of hydrogen-bond acceptors (Lipinski definition) is 3. The topological polar surface area (TPSA) is 46.5 Å². The minimum atomic E-state index is -0.589. The Balaban J connectivity index is 1.54. The van der Waals surface area contributed by atoms with Crippen LogP contribution in [0.15, 0.2) is 28.7 Å². The number of carbonyl (C=O) groups excluding carboxylic acids is 1. The molecule has 8 atom stereocenters. The van der Waals surface area contributed by atoms with Gasteiger partial charge in [-0.05, 0) is 104 Å². The number of fused-ring (bicyclic) bond motifs is 1. The van der Waals surface area contributed by atoms with E-state index in [0.29, 0.717) is 29.2 Å². The van der Waals surface area contributed by atoms with E-state index >= 15 is 0 Å². The van der Waals surface area contributed by atoms with E-state index in [1.54, 1.807) is 0 Å². The largest absolute Gasteiger partial charge is 0.458 e. The van der Waals surface area contributed by atoms with Crippen molar-refractivity contribution >= 4 is 21.9 Å². The van der Waals surface area contributed by atoms with Crippen molar-refractivity contribution in [1.29, 1.82) is 0 Å². The van der Waals surface area contributed by atoms with Gasteiger partial charge in [-0.25, -0.2) is 4.79 Å². The predicted octanol–water partition coefficient (Wildman–Crippen LogP) is 6.62. The summed E-state index contributed by atoms with van der Waals surface area (Å²) in [5.41, 5.74) is 0.251. The molecule has 0 amide bonds. The molecule has 0 aromatic heterocycles. The first kappa shape index (κ1) is 21.9. The van der Waals surface area contributed by atoms with Crippen LogP contribution in [0.3, 0.4) is 0 Å². The molecule has 4 fully saturated rings. The Morgan fingerprint density at radius 2 is 1.74 bits per heavy atom. The van der Waals surface area contributed by atoms with Crippen LogP contribution in [0, 0.1) is 39.9 Å². The Morgan fingerprint density at radius 3 is 2.39 bits per heavy atom.